The van der Waals surface area contributed by atoms with Crippen molar-refractivity contribution in [1.82, 2.24) is 4.90 Å². The molecular weight excluding hydrogens is 374 g/mol. The third-order valence-corrected chi connectivity index (χ3v) is 3.40. The van der Waals surface area contributed by atoms with E-state index < -0.39 is 40.4 Å². The molecule has 0 spiro atoms. The van der Waals surface area contributed by atoms with E-state index in [4.69, 9.17) is 5.73 Å². The van der Waals surface area contributed by atoms with Crippen molar-refractivity contribution in [2.45, 2.75) is 26.2 Å². The summed E-state index contributed by atoms with van der Waals surface area (Å²) in [5, 5.41) is 0. The van der Waals surface area contributed by atoms with Crippen molar-refractivity contribution >= 4 is 18.3 Å². The summed E-state index contributed by atoms with van der Waals surface area (Å²) >= 11 is 0. The van der Waals surface area contributed by atoms with Gasteiger partial charge in [-0.1, -0.05) is 13.8 Å². The second-order valence-corrected chi connectivity index (χ2v) is 6.32. The predicted molar refractivity (Wildman–Crippen MR) is 83.5 cm³/mol. The van der Waals surface area contributed by atoms with Gasteiger partial charge in [0, 0.05) is 19.2 Å². The third-order valence-electron chi connectivity index (χ3n) is 3.40. The summed E-state index contributed by atoms with van der Waals surface area (Å²) in [7, 11) is 1.30. The van der Waals surface area contributed by atoms with Crippen molar-refractivity contribution in [2.75, 3.05) is 20.1 Å². The number of halogens is 7. The van der Waals surface area contributed by atoms with Gasteiger partial charge in [0.15, 0.2) is 0 Å². The highest BCUT2D eigenvalue weighted by Gasteiger charge is 2.38. The first-order valence-electron chi connectivity index (χ1n) is 6.92. The van der Waals surface area contributed by atoms with Gasteiger partial charge in [0.1, 0.15) is 0 Å². The van der Waals surface area contributed by atoms with Crippen LogP contribution in [0.4, 0.5) is 26.3 Å². The zero-order valence-corrected chi connectivity index (χ0v) is 14.6. The van der Waals surface area contributed by atoms with Crippen molar-refractivity contribution < 1.29 is 31.1 Å². The Morgan fingerprint density at radius 1 is 1.00 bits per heavy atom. The van der Waals surface area contributed by atoms with Gasteiger partial charge in [-0.25, -0.2) is 0 Å². The Morgan fingerprint density at radius 2 is 1.40 bits per heavy atom. The van der Waals surface area contributed by atoms with Gasteiger partial charge in [-0.05, 0) is 30.2 Å². The van der Waals surface area contributed by atoms with Gasteiger partial charge in [0.25, 0.3) is 5.91 Å². The summed E-state index contributed by atoms with van der Waals surface area (Å²) in [6, 6.07) is 0.827. The van der Waals surface area contributed by atoms with Crippen molar-refractivity contribution in [3.63, 3.8) is 0 Å². The maximum Gasteiger partial charge on any atom is 0.416 e. The van der Waals surface area contributed by atoms with Crippen LogP contribution in [-0.2, 0) is 12.4 Å². The van der Waals surface area contributed by atoms with E-state index in [1.54, 1.807) is 13.8 Å². The highest BCUT2D eigenvalue weighted by molar-refractivity contribution is 5.94. The number of carbonyl (C=O) groups excluding carboxylic acids is 1. The zero-order chi connectivity index (χ0) is 18.9. The minimum atomic E-state index is -4.99. The number of hydrogen-bond acceptors (Lipinski definition) is 2. The highest BCUT2D eigenvalue weighted by atomic mass is 35.5. The Morgan fingerprint density at radius 3 is 1.72 bits per heavy atom. The fourth-order valence-electron chi connectivity index (χ4n) is 2.08. The number of hydrogen-bond donors (Lipinski definition) is 1. The topological polar surface area (TPSA) is 46.3 Å². The Bertz CT molecular complexity index is 581. The normalized spacial score (nSPS) is 12.6. The first-order valence-corrected chi connectivity index (χ1v) is 6.92. The van der Waals surface area contributed by atoms with E-state index in [9.17, 15) is 31.1 Å². The Kier molecular flexibility index (Phi) is 7.36. The van der Waals surface area contributed by atoms with Crippen LogP contribution in [0.2, 0.25) is 0 Å². The maximum atomic E-state index is 12.8. The van der Waals surface area contributed by atoms with Gasteiger partial charge in [0.05, 0.1) is 11.1 Å². The molecule has 0 aromatic heterocycles. The number of rotatable bonds is 4. The molecule has 0 radical (unpaired) electrons. The van der Waals surface area contributed by atoms with E-state index in [-0.39, 0.29) is 31.6 Å². The lowest BCUT2D eigenvalue weighted by Crippen LogP contribution is -2.39. The van der Waals surface area contributed by atoms with Gasteiger partial charge in [-0.15, -0.1) is 12.4 Å². The second-order valence-electron chi connectivity index (χ2n) is 6.32. The molecular formula is C15H19ClF6N2O. The molecule has 1 rings (SSSR count). The average Bonchev–Trinajstić information content (AvgIpc) is 2.43. The number of amides is 1. The molecule has 0 heterocycles. The van der Waals surface area contributed by atoms with E-state index in [0.29, 0.717) is 12.1 Å². The van der Waals surface area contributed by atoms with Crippen LogP contribution in [0.3, 0.4) is 0 Å². The Balaban J connectivity index is 0.00000576. The van der Waals surface area contributed by atoms with Crippen LogP contribution in [0, 0.1) is 5.41 Å². The summed E-state index contributed by atoms with van der Waals surface area (Å²) in [6.45, 7) is 3.73. The molecule has 0 saturated carbocycles. The number of alkyl halides is 6. The van der Waals surface area contributed by atoms with Gasteiger partial charge < -0.3 is 10.6 Å². The lowest BCUT2D eigenvalue weighted by molar-refractivity contribution is -0.143. The van der Waals surface area contributed by atoms with E-state index >= 15 is 0 Å². The van der Waals surface area contributed by atoms with Crippen LogP contribution in [0.25, 0.3) is 0 Å². The fraction of sp³-hybridized carbons (Fsp3) is 0.533. The highest BCUT2D eigenvalue weighted by Crippen LogP contribution is 2.36. The molecule has 0 aliphatic carbocycles. The largest absolute Gasteiger partial charge is 0.416 e. The first kappa shape index (κ1) is 23.5. The lowest BCUT2D eigenvalue weighted by Gasteiger charge is -2.29. The van der Waals surface area contributed by atoms with Gasteiger partial charge >= 0.3 is 12.4 Å². The molecule has 1 amide bonds. The van der Waals surface area contributed by atoms with Crippen molar-refractivity contribution in [3.05, 3.63) is 34.9 Å². The van der Waals surface area contributed by atoms with Crippen LogP contribution in [0.15, 0.2) is 18.2 Å². The molecule has 25 heavy (non-hydrogen) atoms. The van der Waals surface area contributed by atoms with Crippen LogP contribution in [0.1, 0.15) is 35.3 Å². The summed E-state index contributed by atoms with van der Waals surface area (Å²) in [5.74, 6) is -0.937. The van der Waals surface area contributed by atoms with Crippen LogP contribution < -0.4 is 5.73 Å². The molecule has 144 valence electrons. The van der Waals surface area contributed by atoms with Crippen molar-refractivity contribution in [2.24, 2.45) is 11.1 Å². The van der Waals surface area contributed by atoms with E-state index in [2.05, 4.69) is 0 Å². The fourth-order valence-corrected chi connectivity index (χ4v) is 2.08. The third kappa shape index (κ3) is 6.39. The Labute approximate surface area is 147 Å². The predicted octanol–water partition coefficient (Wildman–Crippen LogP) is 4.20. The molecule has 1 aromatic rings. The minimum absolute atomic E-state index is 0. The molecule has 2 N–H and O–H groups in total. The summed E-state index contributed by atoms with van der Waals surface area (Å²) in [6.07, 6.45) is -9.99. The monoisotopic (exact) mass is 392 g/mol. The molecule has 10 heteroatoms. The molecule has 1 aromatic carbocycles. The zero-order valence-electron chi connectivity index (χ0n) is 13.8. The number of nitrogens with zero attached hydrogens (tertiary/aromatic N) is 1. The molecule has 0 bridgehead atoms. The SMILES string of the molecule is CN(CC(C)(C)CN)C(=O)c1cc(C(F)(F)F)cc(C(F)(F)F)c1.Cl. The van der Waals surface area contributed by atoms with Crippen LogP contribution in [0.5, 0.6) is 0 Å². The van der Waals surface area contributed by atoms with Gasteiger partial charge in [-0.2, -0.15) is 26.3 Å². The molecule has 0 saturated heterocycles. The van der Waals surface area contributed by atoms with E-state index in [1.807, 2.05) is 0 Å². The van der Waals surface area contributed by atoms with Gasteiger partial charge in [0.2, 0.25) is 0 Å². The second kappa shape index (κ2) is 7.82. The van der Waals surface area contributed by atoms with Gasteiger partial charge in [-0.3, -0.25) is 4.79 Å². The average molecular weight is 393 g/mol. The van der Waals surface area contributed by atoms with E-state index in [0.717, 1.165) is 4.90 Å². The van der Waals surface area contributed by atoms with Crippen molar-refractivity contribution in [3.8, 4) is 0 Å². The summed E-state index contributed by atoms with van der Waals surface area (Å²) < 4.78 is 76.9. The summed E-state index contributed by atoms with van der Waals surface area (Å²) in [5.41, 5.74) is 1.28. The molecule has 0 fully saturated rings. The number of carbonyl (C=O) groups is 1. The molecule has 3 nitrogen and oxygen atoms in total. The lowest BCUT2D eigenvalue weighted by atomic mass is 9.93. The minimum Gasteiger partial charge on any atom is -0.341 e. The standard InChI is InChI=1S/C15H18F6N2O.ClH/c1-13(2,7-22)8-23(3)12(24)9-4-10(14(16,17)18)6-11(5-9)15(19,20)21;/h4-6H,7-8,22H2,1-3H3;1H. The van der Waals surface area contributed by atoms with E-state index in [1.165, 1.54) is 7.05 Å². The maximum absolute atomic E-state index is 12.8. The smallest absolute Gasteiger partial charge is 0.341 e. The van der Waals surface area contributed by atoms with Crippen molar-refractivity contribution in [1.29, 1.82) is 0 Å². The van der Waals surface area contributed by atoms with Crippen LogP contribution in [-0.4, -0.2) is 30.9 Å². The molecule has 0 aliphatic rings. The number of benzene rings is 1. The molecule has 0 unspecified atom stereocenters. The Hall–Kier alpha value is -1.48. The molecule has 0 aliphatic heterocycles. The first-order chi connectivity index (χ1) is 10.7. The van der Waals surface area contributed by atoms with Crippen LogP contribution >= 0.6 is 12.4 Å². The molecule has 0 atom stereocenters. The quantitative estimate of drug-likeness (QED) is 0.780. The summed E-state index contributed by atoms with van der Waals surface area (Å²) in [4.78, 5) is 13.3. The number of nitrogens with two attached hydrogens (primary N) is 1.